The van der Waals surface area contributed by atoms with Crippen LogP contribution in [0.3, 0.4) is 0 Å². The zero-order chi connectivity index (χ0) is 12.1. The average Bonchev–Trinajstić information content (AvgIpc) is 2.40. The molecular weight excluding hydrogens is 214 g/mol. The van der Waals surface area contributed by atoms with Gasteiger partial charge in [0, 0.05) is 0 Å². The molecule has 98 valence electrons. The molecule has 2 fully saturated rings. The fourth-order valence-electron chi connectivity index (χ4n) is 2.95. The first-order chi connectivity index (χ1) is 8.27. The van der Waals surface area contributed by atoms with E-state index in [1.165, 1.54) is 25.7 Å². The highest BCUT2D eigenvalue weighted by molar-refractivity contribution is 5.72. The van der Waals surface area contributed by atoms with Crippen molar-refractivity contribution in [3.8, 4) is 0 Å². The van der Waals surface area contributed by atoms with Crippen molar-refractivity contribution in [3.05, 3.63) is 0 Å². The summed E-state index contributed by atoms with van der Waals surface area (Å²) < 4.78 is 5.64. The summed E-state index contributed by atoms with van der Waals surface area (Å²) in [7, 11) is 0. The minimum Gasteiger partial charge on any atom is -0.462 e. The maximum absolute atomic E-state index is 12.1. The van der Waals surface area contributed by atoms with Gasteiger partial charge in [-0.25, -0.2) is 0 Å². The summed E-state index contributed by atoms with van der Waals surface area (Å²) in [6, 6.07) is 0. The summed E-state index contributed by atoms with van der Waals surface area (Å²) in [6.07, 6.45) is 8.43. The number of carbonyl (C=O) groups excluding carboxylic acids is 1. The Bertz CT molecular complexity index is 243. The number of esters is 1. The van der Waals surface area contributed by atoms with Gasteiger partial charge in [-0.05, 0) is 57.5 Å². The Kier molecular flexibility index (Phi) is 4.84. The quantitative estimate of drug-likeness (QED) is 0.769. The Hall–Kier alpha value is -0.570. The molecule has 1 saturated carbocycles. The molecule has 1 heterocycles. The summed E-state index contributed by atoms with van der Waals surface area (Å²) >= 11 is 0. The Morgan fingerprint density at radius 3 is 2.59 bits per heavy atom. The molecule has 0 spiro atoms. The van der Waals surface area contributed by atoms with Gasteiger partial charge in [0.15, 0.2) is 0 Å². The van der Waals surface area contributed by atoms with Crippen LogP contribution in [0.5, 0.6) is 0 Å². The lowest BCUT2D eigenvalue weighted by molar-refractivity contribution is -0.157. The van der Waals surface area contributed by atoms with Crippen molar-refractivity contribution in [2.45, 2.75) is 58.0 Å². The molecule has 0 radical (unpaired) electrons. The van der Waals surface area contributed by atoms with E-state index in [0.29, 0.717) is 5.92 Å². The van der Waals surface area contributed by atoms with E-state index in [0.717, 1.165) is 32.4 Å². The van der Waals surface area contributed by atoms with Gasteiger partial charge in [-0.3, -0.25) is 4.79 Å². The summed E-state index contributed by atoms with van der Waals surface area (Å²) in [5.74, 6) is 0.565. The summed E-state index contributed by atoms with van der Waals surface area (Å²) in [6.45, 7) is 4.10. The second-order valence-electron chi connectivity index (χ2n) is 5.59. The molecule has 2 atom stereocenters. The van der Waals surface area contributed by atoms with Gasteiger partial charge in [0.25, 0.3) is 0 Å². The second kappa shape index (κ2) is 6.39. The number of carbonyl (C=O) groups is 1. The largest absolute Gasteiger partial charge is 0.462 e. The van der Waals surface area contributed by atoms with Gasteiger partial charge >= 0.3 is 5.97 Å². The molecule has 0 bridgehead atoms. The Morgan fingerprint density at radius 2 is 1.94 bits per heavy atom. The van der Waals surface area contributed by atoms with Crippen LogP contribution in [-0.4, -0.2) is 25.2 Å². The van der Waals surface area contributed by atoms with Crippen molar-refractivity contribution in [1.82, 2.24) is 5.32 Å². The number of nitrogens with one attached hydrogen (secondary N) is 1. The highest BCUT2D eigenvalue weighted by Crippen LogP contribution is 2.25. The SMILES string of the molecule is CC(C(=O)OC1CCCCC1)C1CCCNC1. The third-order valence-electron chi connectivity index (χ3n) is 4.25. The number of hydrogen-bond donors (Lipinski definition) is 1. The van der Waals surface area contributed by atoms with E-state index in [-0.39, 0.29) is 18.0 Å². The predicted molar refractivity (Wildman–Crippen MR) is 67.7 cm³/mol. The summed E-state index contributed by atoms with van der Waals surface area (Å²) in [5.41, 5.74) is 0. The van der Waals surface area contributed by atoms with Crippen molar-refractivity contribution in [1.29, 1.82) is 0 Å². The minimum absolute atomic E-state index is 0.0330. The van der Waals surface area contributed by atoms with E-state index in [1.807, 2.05) is 6.92 Å². The third-order valence-corrected chi connectivity index (χ3v) is 4.25. The van der Waals surface area contributed by atoms with E-state index < -0.39 is 0 Å². The zero-order valence-electron chi connectivity index (χ0n) is 10.9. The van der Waals surface area contributed by atoms with Crippen molar-refractivity contribution in [2.75, 3.05) is 13.1 Å². The molecule has 0 aromatic carbocycles. The standard InChI is InChI=1S/C14H25NO2/c1-11(12-6-5-9-15-10-12)14(16)17-13-7-3-2-4-8-13/h11-13,15H,2-10H2,1H3. The number of hydrogen-bond acceptors (Lipinski definition) is 3. The van der Waals surface area contributed by atoms with Gasteiger partial charge in [0.1, 0.15) is 6.10 Å². The molecule has 1 aliphatic heterocycles. The topological polar surface area (TPSA) is 38.3 Å². The van der Waals surface area contributed by atoms with Crippen LogP contribution < -0.4 is 5.32 Å². The molecule has 0 aromatic heterocycles. The molecule has 1 N–H and O–H groups in total. The van der Waals surface area contributed by atoms with Gasteiger partial charge in [-0.15, -0.1) is 0 Å². The van der Waals surface area contributed by atoms with E-state index >= 15 is 0 Å². The fourth-order valence-corrected chi connectivity index (χ4v) is 2.95. The van der Waals surface area contributed by atoms with Crippen LogP contribution >= 0.6 is 0 Å². The van der Waals surface area contributed by atoms with Crippen LogP contribution in [-0.2, 0) is 9.53 Å². The van der Waals surface area contributed by atoms with E-state index in [4.69, 9.17) is 4.74 Å². The van der Waals surface area contributed by atoms with Crippen LogP contribution in [0.4, 0.5) is 0 Å². The van der Waals surface area contributed by atoms with Crippen molar-refractivity contribution >= 4 is 5.97 Å². The smallest absolute Gasteiger partial charge is 0.309 e. The first-order valence-corrected chi connectivity index (χ1v) is 7.18. The van der Waals surface area contributed by atoms with Crippen molar-refractivity contribution < 1.29 is 9.53 Å². The fraction of sp³-hybridized carbons (Fsp3) is 0.929. The lowest BCUT2D eigenvalue weighted by atomic mass is 9.87. The second-order valence-corrected chi connectivity index (χ2v) is 5.59. The molecule has 2 aliphatic rings. The molecule has 3 heteroatoms. The summed E-state index contributed by atoms with van der Waals surface area (Å²) in [4.78, 5) is 12.1. The molecule has 17 heavy (non-hydrogen) atoms. The van der Waals surface area contributed by atoms with E-state index in [1.54, 1.807) is 0 Å². The monoisotopic (exact) mass is 239 g/mol. The Labute approximate surface area is 104 Å². The first-order valence-electron chi connectivity index (χ1n) is 7.18. The molecule has 1 aliphatic carbocycles. The summed E-state index contributed by atoms with van der Waals surface area (Å²) in [5, 5.41) is 3.37. The number of rotatable bonds is 3. The number of ether oxygens (including phenoxy) is 1. The molecule has 0 aromatic rings. The van der Waals surface area contributed by atoms with Crippen LogP contribution in [0.25, 0.3) is 0 Å². The molecule has 2 unspecified atom stereocenters. The molecule has 2 rings (SSSR count). The normalized spacial score (nSPS) is 28.6. The van der Waals surface area contributed by atoms with Crippen molar-refractivity contribution in [3.63, 3.8) is 0 Å². The highest BCUT2D eigenvalue weighted by atomic mass is 16.5. The van der Waals surface area contributed by atoms with Gasteiger partial charge < -0.3 is 10.1 Å². The molecular formula is C14H25NO2. The lowest BCUT2D eigenvalue weighted by Crippen LogP contribution is -2.37. The highest BCUT2D eigenvalue weighted by Gasteiger charge is 2.28. The molecule has 0 amide bonds. The van der Waals surface area contributed by atoms with Gasteiger partial charge in [0.2, 0.25) is 0 Å². The Balaban J connectivity index is 1.77. The average molecular weight is 239 g/mol. The van der Waals surface area contributed by atoms with E-state index in [9.17, 15) is 4.79 Å². The maximum Gasteiger partial charge on any atom is 0.309 e. The van der Waals surface area contributed by atoms with Gasteiger partial charge in [-0.2, -0.15) is 0 Å². The zero-order valence-corrected chi connectivity index (χ0v) is 10.9. The van der Waals surface area contributed by atoms with Crippen LogP contribution in [0.15, 0.2) is 0 Å². The minimum atomic E-state index is 0.0330. The molecule has 3 nitrogen and oxygen atoms in total. The van der Waals surface area contributed by atoms with Gasteiger partial charge in [-0.1, -0.05) is 13.3 Å². The number of piperidine rings is 1. The van der Waals surface area contributed by atoms with Crippen molar-refractivity contribution in [2.24, 2.45) is 11.8 Å². The van der Waals surface area contributed by atoms with Crippen LogP contribution in [0, 0.1) is 11.8 Å². The van der Waals surface area contributed by atoms with E-state index in [2.05, 4.69) is 5.32 Å². The first kappa shape index (κ1) is 12.9. The lowest BCUT2D eigenvalue weighted by Gasteiger charge is -2.29. The van der Waals surface area contributed by atoms with Crippen LogP contribution in [0.2, 0.25) is 0 Å². The Morgan fingerprint density at radius 1 is 1.18 bits per heavy atom. The predicted octanol–water partition coefficient (Wildman–Crippen LogP) is 2.50. The maximum atomic E-state index is 12.1. The van der Waals surface area contributed by atoms with Crippen LogP contribution in [0.1, 0.15) is 51.9 Å². The third kappa shape index (κ3) is 3.70. The van der Waals surface area contributed by atoms with Gasteiger partial charge in [0.05, 0.1) is 5.92 Å². The molecule has 1 saturated heterocycles.